The van der Waals surface area contributed by atoms with Crippen LogP contribution in [0.4, 0.5) is 5.69 Å². The summed E-state index contributed by atoms with van der Waals surface area (Å²) in [5.41, 5.74) is 5.98. The zero-order valence-electron chi connectivity index (χ0n) is 11.7. The van der Waals surface area contributed by atoms with Crippen molar-refractivity contribution in [3.05, 3.63) is 18.5 Å². The van der Waals surface area contributed by atoms with Gasteiger partial charge in [-0.05, 0) is 18.9 Å². The summed E-state index contributed by atoms with van der Waals surface area (Å²) < 4.78 is 26.6. The smallest absolute Gasteiger partial charge is 0.244 e. The zero-order chi connectivity index (χ0) is 14.3. The van der Waals surface area contributed by atoms with Gasteiger partial charge in [0.05, 0.1) is 5.69 Å². The summed E-state index contributed by atoms with van der Waals surface area (Å²) in [6.45, 7) is 5.20. The Morgan fingerprint density at radius 2 is 1.74 bits per heavy atom. The van der Waals surface area contributed by atoms with Crippen LogP contribution in [0.3, 0.4) is 0 Å². The number of nitrogen functional groups attached to an aromatic ring is 1. The second kappa shape index (κ2) is 7.45. The van der Waals surface area contributed by atoms with Crippen LogP contribution in [0.25, 0.3) is 0 Å². The molecule has 5 nitrogen and oxygen atoms in total. The first kappa shape index (κ1) is 15.9. The fourth-order valence-electron chi connectivity index (χ4n) is 1.75. The second-order valence-corrected chi connectivity index (χ2v) is 6.50. The summed E-state index contributed by atoms with van der Waals surface area (Å²) in [5.74, 6) is 0. The van der Waals surface area contributed by atoms with Crippen molar-refractivity contribution in [3.63, 3.8) is 0 Å². The lowest BCUT2D eigenvalue weighted by Gasteiger charge is -2.21. The van der Waals surface area contributed by atoms with Crippen molar-refractivity contribution < 1.29 is 8.42 Å². The van der Waals surface area contributed by atoms with Crippen LogP contribution in [0.5, 0.6) is 0 Å². The molecule has 0 aliphatic rings. The minimum atomic E-state index is -3.48. The molecule has 0 atom stereocenters. The van der Waals surface area contributed by atoms with Crippen LogP contribution in [0.2, 0.25) is 0 Å². The van der Waals surface area contributed by atoms with Gasteiger partial charge in [0, 0.05) is 25.5 Å². The van der Waals surface area contributed by atoms with Gasteiger partial charge in [-0.15, -0.1) is 0 Å². The Kier molecular flexibility index (Phi) is 6.24. The normalized spacial score (nSPS) is 11.9. The first-order chi connectivity index (χ1) is 9.02. The molecule has 0 aromatic carbocycles. The number of pyridine rings is 1. The van der Waals surface area contributed by atoms with Gasteiger partial charge in [-0.2, -0.15) is 4.31 Å². The van der Waals surface area contributed by atoms with Gasteiger partial charge in [-0.25, -0.2) is 8.42 Å². The van der Waals surface area contributed by atoms with Crippen molar-refractivity contribution >= 4 is 15.7 Å². The van der Waals surface area contributed by atoms with Gasteiger partial charge in [-0.1, -0.05) is 26.7 Å². The molecule has 1 rings (SSSR count). The fraction of sp³-hybridized carbons (Fsp3) is 0.615. The predicted octanol–water partition coefficient (Wildman–Crippen LogP) is 2.25. The van der Waals surface area contributed by atoms with E-state index < -0.39 is 10.0 Å². The van der Waals surface area contributed by atoms with E-state index in [0.29, 0.717) is 18.8 Å². The second-order valence-electron chi connectivity index (χ2n) is 4.57. The molecule has 0 aliphatic heterocycles. The molecular formula is C13H23N3O2S. The average molecular weight is 285 g/mol. The average Bonchev–Trinajstić information content (AvgIpc) is 2.38. The van der Waals surface area contributed by atoms with Gasteiger partial charge >= 0.3 is 0 Å². The summed E-state index contributed by atoms with van der Waals surface area (Å²) >= 11 is 0. The maximum absolute atomic E-state index is 12.5. The Labute approximate surface area is 115 Å². The zero-order valence-corrected chi connectivity index (χ0v) is 12.5. The molecule has 0 saturated heterocycles. The van der Waals surface area contributed by atoms with E-state index in [1.54, 1.807) is 0 Å². The summed E-state index contributed by atoms with van der Waals surface area (Å²) in [6, 6.07) is 1.47. The van der Waals surface area contributed by atoms with Crippen molar-refractivity contribution in [2.45, 2.75) is 44.4 Å². The van der Waals surface area contributed by atoms with Gasteiger partial charge < -0.3 is 5.73 Å². The van der Waals surface area contributed by atoms with Crippen LogP contribution >= 0.6 is 0 Å². The van der Waals surface area contributed by atoms with E-state index in [4.69, 9.17) is 5.73 Å². The Morgan fingerprint density at radius 3 is 2.21 bits per heavy atom. The summed E-state index contributed by atoms with van der Waals surface area (Å²) in [4.78, 5) is 4.04. The van der Waals surface area contributed by atoms with Crippen LogP contribution in [0, 0.1) is 0 Å². The van der Waals surface area contributed by atoms with Crippen LogP contribution in [0.1, 0.15) is 39.5 Å². The van der Waals surface area contributed by atoms with Crippen LogP contribution in [-0.2, 0) is 10.0 Å². The number of hydrogen-bond donors (Lipinski definition) is 1. The summed E-state index contributed by atoms with van der Waals surface area (Å²) in [7, 11) is -3.48. The Balaban J connectivity index is 2.97. The molecular weight excluding hydrogens is 262 g/mol. The van der Waals surface area contributed by atoms with Crippen LogP contribution in [-0.4, -0.2) is 30.8 Å². The van der Waals surface area contributed by atoms with Crippen molar-refractivity contribution in [2.24, 2.45) is 0 Å². The highest BCUT2D eigenvalue weighted by Crippen LogP contribution is 2.18. The topological polar surface area (TPSA) is 76.3 Å². The number of anilines is 1. The molecule has 0 radical (unpaired) electrons. The van der Waals surface area contributed by atoms with Crippen molar-refractivity contribution in [2.75, 3.05) is 18.8 Å². The molecule has 1 aromatic rings. The number of nitrogens with two attached hydrogens (primary N) is 1. The van der Waals surface area contributed by atoms with E-state index in [1.165, 1.54) is 22.8 Å². The van der Waals surface area contributed by atoms with E-state index in [2.05, 4.69) is 4.98 Å². The molecule has 2 N–H and O–H groups in total. The molecule has 0 saturated carbocycles. The molecule has 108 valence electrons. The van der Waals surface area contributed by atoms with Gasteiger partial charge in [0.25, 0.3) is 0 Å². The van der Waals surface area contributed by atoms with E-state index in [9.17, 15) is 8.42 Å². The minimum absolute atomic E-state index is 0.180. The number of aromatic nitrogens is 1. The van der Waals surface area contributed by atoms with Gasteiger partial charge in [0.2, 0.25) is 10.0 Å². The Morgan fingerprint density at radius 1 is 1.16 bits per heavy atom. The molecule has 0 unspecified atom stereocenters. The van der Waals surface area contributed by atoms with E-state index in [0.717, 1.165) is 25.7 Å². The van der Waals surface area contributed by atoms with Crippen molar-refractivity contribution in [1.29, 1.82) is 0 Å². The van der Waals surface area contributed by atoms with E-state index in [-0.39, 0.29) is 4.90 Å². The van der Waals surface area contributed by atoms with E-state index >= 15 is 0 Å². The van der Waals surface area contributed by atoms with Crippen LogP contribution < -0.4 is 5.73 Å². The lowest BCUT2D eigenvalue weighted by Crippen LogP contribution is -2.33. The van der Waals surface area contributed by atoms with Crippen LogP contribution in [0.15, 0.2) is 23.4 Å². The number of nitrogens with zero attached hydrogens (tertiary/aromatic N) is 2. The molecule has 0 aliphatic carbocycles. The minimum Gasteiger partial charge on any atom is -0.397 e. The monoisotopic (exact) mass is 285 g/mol. The molecule has 0 bridgehead atoms. The number of sulfonamides is 1. The summed E-state index contributed by atoms with van der Waals surface area (Å²) in [6.07, 6.45) is 6.45. The third-order valence-electron chi connectivity index (χ3n) is 2.89. The highest BCUT2D eigenvalue weighted by Gasteiger charge is 2.23. The molecule has 6 heteroatoms. The predicted molar refractivity (Wildman–Crippen MR) is 77.2 cm³/mol. The third-order valence-corrected chi connectivity index (χ3v) is 4.76. The van der Waals surface area contributed by atoms with Gasteiger partial charge in [0.15, 0.2) is 0 Å². The summed E-state index contributed by atoms with van der Waals surface area (Å²) in [5, 5.41) is 0. The molecule has 1 aromatic heterocycles. The Hall–Kier alpha value is -1.14. The fourth-order valence-corrected chi connectivity index (χ4v) is 3.26. The largest absolute Gasteiger partial charge is 0.397 e. The highest BCUT2D eigenvalue weighted by atomic mass is 32.2. The number of hydrogen-bond acceptors (Lipinski definition) is 4. The molecule has 0 spiro atoms. The Bertz CT molecular complexity index is 480. The maximum atomic E-state index is 12.5. The van der Waals surface area contributed by atoms with E-state index in [1.807, 2.05) is 13.8 Å². The molecule has 19 heavy (non-hydrogen) atoms. The lowest BCUT2D eigenvalue weighted by atomic mass is 10.3. The first-order valence-electron chi connectivity index (χ1n) is 6.73. The maximum Gasteiger partial charge on any atom is 0.244 e. The van der Waals surface area contributed by atoms with Crippen molar-refractivity contribution in [3.8, 4) is 0 Å². The SMILES string of the molecule is CCCCN(CCCC)S(=O)(=O)c1cncc(N)c1. The quantitative estimate of drug-likeness (QED) is 0.795. The molecule has 0 amide bonds. The third kappa shape index (κ3) is 4.47. The lowest BCUT2D eigenvalue weighted by molar-refractivity contribution is 0.395. The van der Waals surface area contributed by atoms with Gasteiger partial charge in [0.1, 0.15) is 4.90 Å². The number of unbranched alkanes of at least 4 members (excludes halogenated alkanes) is 2. The molecule has 1 heterocycles. The number of rotatable bonds is 8. The van der Waals surface area contributed by atoms with Crippen molar-refractivity contribution in [1.82, 2.24) is 9.29 Å². The first-order valence-corrected chi connectivity index (χ1v) is 8.17. The molecule has 0 fully saturated rings. The highest BCUT2D eigenvalue weighted by molar-refractivity contribution is 7.89. The van der Waals surface area contributed by atoms with Gasteiger partial charge in [-0.3, -0.25) is 4.98 Å². The standard InChI is InChI=1S/C13H23N3O2S/c1-3-5-7-16(8-6-4-2)19(17,18)13-9-12(14)10-15-11-13/h9-11H,3-8,14H2,1-2H3.